The number of primary amides is 1. The average molecular weight is 395 g/mol. The summed E-state index contributed by atoms with van der Waals surface area (Å²) in [6, 6.07) is 8.26. The van der Waals surface area contributed by atoms with Gasteiger partial charge in [0.25, 0.3) is 0 Å². The number of nitrogens with zero attached hydrogens (tertiary/aromatic N) is 2. The smallest absolute Gasteiger partial charge is 0.217 e. The summed E-state index contributed by atoms with van der Waals surface area (Å²) in [5, 5.41) is 3.30. The van der Waals surface area contributed by atoms with Gasteiger partial charge in [-0.05, 0) is 37.3 Å². The molecule has 1 aromatic carbocycles. The lowest BCUT2D eigenvalue weighted by atomic mass is 9.95. The molecule has 1 amide bonds. The fourth-order valence-electron chi connectivity index (χ4n) is 3.44. The number of amides is 1. The van der Waals surface area contributed by atoms with Crippen molar-refractivity contribution in [2.45, 2.75) is 43.5 Å². The van der Waals surface area contributed by atoms with E-state index in [1.807, 2.05) is 6.92 Å². The molecule has 1 fully saturated rings. The third-order valence-corrected chi connectivity index (χ3v) is 6.70. The van der Waals surface area contributed by atoms with Crippen LogP contribution < -0.4 is 11.1 Å². The van der Waals surface area contributed by atoms with Gasteiger partial charge in [-0.15, -0.1) is 0 Å². The first-order valence-corrected chi connectivity index (χ1v) is 11.0. The number of benzene rings is 1. The highest BCUT2D eigenvalue weighted by Gasteiger charge is 2.26. The van der Waals surface area contributed by atoms with Crippen molar-refractivity contribution in [2.24, 2.45) is 16.6 Å². The molecule has 2 rings (SSSR count). The molecule has 1 saturated heterocycles. The van der Waals surface area contributed by atoms with Crippen molar-refractivity contribution in [2.75, 3.05) is 25.9 Å². The molecule has 27 heavy (non-hydrogen) atoms. The van der Waals surface area contributed by atoms with E-state index in [0.29, 0.717) is 30.2 Å². The summed E-state index contributed by atoms with van der Waals surface area (Å²) < 4.78 is 25.4. The van der Waals surface area contributed by atoms with E-state index in [-0.39, 0.29) is 23.6 Å². The van der Waals surface area contributed by atoms with Crippen molar-refractivity contribution in [3.63, 3.8) is 0 Å². The zero-order chi connectivity index (χ0) is 19.9. The lowest BCUT2D eigenvalue weighted by Gasteiger charge is -2.36. The Balaban J connectivity index is 2.04. The molecule has 2 unspecified atom stereocenters. The molecule has 7 nitrogen and oxygen atoms in total. The summed E-state index contributed by atoms with van der Waals surface area (Å²) in [5.41, 5.74) is 5.33. The molecule has 1 aliphatic heterocycles. The highest BCUT2D eigenvalue weighted by atomic mass is 32.2. The maximum atomic E-state index is 12.7. The maximum Gasteiger partial charge on any atom is 0.217 e. The molecule has 0 spiro atoms. The van der Waals surface area contributed by atoms with Crippen LogP contribution in [0, 0.1) is 5.92 Å². The van der Waals surface area contributed by atoms with Gasteiger partial charge in [-0.25, -0.2) is 8.42 Å². The highest BCUT2D eigenvalue weighted by Crippen LogP contribution is 2.20. The number of likely N-dealkylation sites (tertiary alicyclic amines) is 1. The number of nitrogens with two attached hydrogens (primary N) is 1. The van der Waals surface area contributed by atoms with Gasteiger partial charge in [0.2, 0.25) is 5.91 Å². The number of guanidine groups is 1. The van der Waals surface area contributed by atoms with Gasteiger partial charge in [0.05, 0.1) is 10.6 Å². The van der Waals surface area contributed by atoms with E-state index in [1.165, 1.54) is 0 Å². The lowest BCUT2D eigenvalue weighted by molar-refractivity contribution is -0.119. The lowest BCUT2D eigenvalue weighted by Crippen LogP contribution is -2.51. The van der Waals surface area contributed by atoms with Crippen LogP contribution >= 0.6 is 0 Å². The molecule has 0 radical (unpaired) electrons. The minimum absolute atomic E-state index is 0.00505. The number of sulfone groups is 1. The molecule has 0 bridgehead atoms. The highest BCUT2D eigenvalue weighted by molar-refractivity contribution is 7.91. The summed E-state index contributed by atoms with van der Waals surface area (Å²) in [6.07, 6.45) is 2.95. The van der Waals surface area contributed by atoms with Crippen LogP contribution in [0.2, 0.25) is 0 Å². The van der Waals surface area contributed by atoms with E-state index in [2.05, 4.69) is 15.2 Å². The van der Waals surface area contributed by atoms with Gasteiger partial charge in [-0.2, -0.15) is 0 Å². The molecule has 8 heteroatoms. The number of piperidine rings is 1. The third kappa shape index (κ3) is 6.23. The SMILES string of the molecule is CCC(CS(=O)(=O)c1ccccc1)NC(=NC)N1CCCC(CC(N)=O)C1. The van der Waals surface area contributed by atoms with Crippen LogP contribution in [0.25, 0.3) is 0 Å². The molecular formula is C19H30N4O3S. The Morgan fingerprint density at radius 1 is 1.37 bits per heavy atom. The van der Waals surface area contributed by atoms with Gasteiger partial charge < -0.3 is 16.0 Å². The van der Waals surface area contributed by atoms with Crippen LogP contribution in [0.15, 0.2) is 40.2 Å². The summed E-state index contributed by atoms with van der Waals surface area (Å²) in [6.45, 7) is 3.48. The predicted octanol–water partition coefficient (Wildman–Crippen LogP) is 1.40. The van der Waals surface area contributed by atoms with Crippen molar-refractivity contribution in [1.29, 1.82) is 0 Å². The van der Waals surface area contributed by atoms with Gasteiger partial charge in [-0.1, -0.05) is 25.1 Å². The second-order valence-corrected chi connectivity index (χ2v) is 9.05. The van der Waals surface area contributed by atoms with Crippen molar-refractivity contribution >= 4 is 21.7 Å². The molecule has 1 aliphatic rings. The van der Waals surface area contributed by atoms with E-state index >= 15 is 0 Å². The molecule has 150 valence electrons. The molecule has 0 saturated carbocycles. The average Bonchev–Trinajstić information content (AvgIpc) is 2.65. The Hall–Kier alpha value is -2.09. The Morgan fingerprint density at radius 2 is 2.07 bits per heavy atom. The largest absolute Gasteiger partial charge is 0.370 e. The molecule has 1 heterocycles. The number of aliphatic imine (C=N–C) groups is 1. The van der Waals surface area contributed by atoms with Crippen LogP contribution in [0.1, 0.15) is 32.6 Å². The first-order chi connectivity index (χ1) is 12.9. The Kier molecular flexibility index (Phi) is 7.65. The Labute approximate surface area is 162 Å². The molecule has 1 aromatic rings. The molecule has 3 N–H and O–H groups in total. The minimum atomic E-state index is -3.38. The standard InChI is InChI=1S/C19H30N4O3S/c1-3-16(14-27(25,26)17-9-5-4-6-10-17)22-19(21-2)23-11-7-8-15(13-23)12-18(20)24/h4-6,9-10,15-16H,3,7-8,11-14H2,1-2H3,(H2,20,24)(H,21,22). The van der Waals surface area contributed by atoms with Gasteiger partial charge in [-0.3, -0.25) is 9.79 Å². The van der Waals surface area contributed by atoms with Crippen LogP contribution in [0.3, 0.4) is 0 Å². The second kappa shape index (κ2) is 9.73. The van der Waals surface area contributed by atoms with Crippen molar-refractivity contribution in [3.05, 3.63) is 30.3 Å². The fraction of sp³-hybridized carbons (Fsp3) is 0.579. The normalized spacial score (nSPS) is 19.6. The molecule has 0 aromatic heterocycles. The minimum Gasteiger partial charge on any atom is -0.370 e. The Bertz CT molecular complexity index is 749. The first-order valence-electron chi connectivity index (χ1n) is 9.40. The summed E-state index contributed by atoms with van der Waals surface area (Å²) in [4.78, 5) is 18.0. The maximum absolute atomic E-state index is 12.7. The Morgan fingerprint density at radius 3 is 2.67 bits per heavy atom. The molecule has 2 atom stereocenters. The number of rotatable bonds is 7. The summed E-state index contributed by atoms with van der Waals surface area (Å²) >= 11 is 0. The molecular weight excluding hydrogens is 364 g/mol. The number of carbonyl (C=O) groups is 1. The predicted molar refractivity (Wildman–Crippen MR) is 107 cm³/mol. The van der Waals surface area contributed by atoms with Crippen LogP contribution in [-0.4, -0.2) is 57.1 Å². The number of hydrogen-bond acceptors (Lipinski definition) is 4. The van der Waals surface area contributed by atoms with Crippen LogP contribution in [0.5, 0.6) is 0 Å². The van der Waals surface area contributed by atoms with Crippen molar-refractivity contribution in [3.8, 4) is 0 Å². The quantitative estimate of drug-likeness (QED) is 0.537. The fourth-order valence-corrected chi connectivity index (χ4v) is 5.05. The van der Waals surface area contributed by atoms with E-state index in [0.717, 1.165) is 19.4 Å². The number of hydrogen-bond donors (Lipinski definition) is 2. The van der Waals surface area contributed by atoms with E-state index in [9.17, 15) is 13.2 Å². The third-order valence-electron chi connectivity index (χ3n) is 4.87. The van der Waals surface area contributed by atoms with Gasteiger partial charge >= 0.3 is 0 Å². The monoisotopic (exact) mass is 394 g/mol. The van der Waals surface area contributed by atoms with Crippen molar-refractivity contribution in [1.82, 2.24) is 10.2 Å². The van der Waals surface area contributed by atoms with E-state index in [1.54, 1.807) is 37.4 Å². The number of carbonyl (C=O) groups excluding carboxylic acids is 1. The first kappa shape index (κ1) is 21.2. The van der Waals surface area contributed by atoms with E-state index in [4.69, 9.17) is 5.73 Å². The topological polar surface area (TPSA) is 105 Å². The summed E-state index contributed by atoms with van der Waals surface area (Å²) in [7, 11) is -1.69. The van der Waals surface area contributed by atoms with Crippen LogP contribution in [-0.2, 0) is 14.6 Å². The van der Waals surface area contributed by atoms with Crippen molar-refractivity contribution < 1.29 is 13.2 Å². The van der Waals surface area contributed by atoms with Gasteiger partial charge in [0.1, 0.15) is 0 Å². The second-order valence-electron chi connectivity index (χ2n) is 7.02. The molecule has 0 aliphatic carbocycles. The van der Waals surface area contributed by atoms with Gasteiger partial charge in [0.15, 0.2) is 15.8 Å². The van der Waals surface area contributed by atoms with Gasteiger partial charge in [0, 0.05) is 32.6 Å². The zero-order valence-electron chi connectivity index (χ0n) is 16.1. The number of nitrogens with one attached hydrogen (secondary N) is 1. The van der Waals surface area contributed by atoms with E-state index < -0.39 is 9.84 Å². The van der Waals surface area contributed by atoms with Crippen LogP contribution in [0.4, 0.5) is 0 Å². The zero-order valence-corrected chi connectivity index (χ0v) is 16.9. The summed E-state index contributed by atoms with van der Waals surface area (Å²) in [5.74, 6) is 0.609.